The molecule has 0 bridgehead atoms. The molecule has 37 heavy (non-hydrogen) atoms. The third kappa shape index (κ3) is 7.85. The van der Waals surface area contributed by atoms with Gasteiger partial charge < -0.3 is 10.2 Å². The van der Waals surface area contributed by atoms with Crippen LogP contribution in [0.2, 0.25) is 10.0 Å². The number of amides is 2. The van der Waals surface area contributed by atoms with E-state index in [-0.39, 0.29) is 18.5 Å². The summed E-state index contributed by atoms with van der Waals surface area (Å²) in [6.07, 6.45) is 6.92. The molecule has 0 unspecified atom stereocenters. The minimum Gasteiger partial charge on any atom is -0.352 e. The quantitative estimate of drug-likeness (QED) is 0.428. The molecule has 10 heteroatoms. The second-order valence-corrected chi connectivity index (χ2v) is 12.3. The zero-order valence-electron chi connectivity index (χ0n) is 21.5. The van der Waals surface area contributed by atoms with Crippen LogP contribution >= 0.6 is 23.2 Å². The molecule has 1 aliphatic carbocycles. The number of nitrogens with one attached hydrogen (secondary N) is 1. The summed E-state index contributed by atoms with van der Waals surface area (Å²) in [7, 11) is -3.79. The normalized spacial score (nSPS) is 15.2. The van der Waals surface area contributed by atoms with Crippen LogP contribution < -0.4 is 9.62 Å². The van der Waals surface area contributed by atoms with Gasteiger partial charge in [0.1, 0.15) is 12.6 Å². The second kappa shape index (κ2) is 13.0. The third-order valence-electron chi connectivity index (χ3n) is 6.82. The van der Waals surface area contributed by atoms with Gasteiger partial charge in [0.05, 0.1) is 11.9 Å². The lowest BCUT2D eigenvalue weighted by atomic mass is 9.95. The first-order valence-corrected chi connectivity index (χ1v) is 15.2. The van der Waals surface area contributed by atoms with E-state index in [1.54, 1.807) is 37.3 Å². The molecule has 2 aromatic carbocycles. The van der Waals surface area contributed by atoms with Crippen LogP contribution in [0, 0.1) is 0 Å². The molecule has 1 saturated carbocycles. The van der Waals surface area contributed by atoms with Gasteiger partial charge in [-0.1, -0.05) is 67.6 Å². The van der Waals surface area contributed by atoms with Crippen LogP contribution in [0.1, 0.15) is 57.1 Å². The summed E-state index contributed by atoms with van der Waals surface area (Å²) in [6, 6.07) is 11.2. The number of nitrogens with zero attached hydrogens (tertiary/aromatic N) is 2. The molecular weight excluding hydrogens is 533 g/mol. The van der Waals surface area contributed by atoms with Gasteiger partial charge in [0, 0.05) is 28.2 Å². The summed E-state index contributed by atoms with van der Waals surface area (Å²) < 4.78 is 26.5. The molecule has 1 N–H and O–H groups in total. The van der Waals surface area contributed by atoms with E-state index in [9.17, 15) is 18.0 Å². The number of aryl methyl sites for hydroxylation is 1. The minimum absolute atomic E-state index is 0.0387. The van der Waals surface area contributed by atoms with E-state index in [0.29, 0.717) is 21.3 Å². The van der Waals surface area contributed by atoms with Crippen LogP contribution in [0.25, 0.3) is 0 Å². The Kier molecular flexibility index (Phi) is 10.3. The maximum absolute atomic E-state index is 13.7. The highest BCUT2D eigenvalue weighted by atomic mass is 35.5. The maximum Gasteiger partial charge on any atom is 0.244 e. The van der Waals surface area contributed by atoms with Crippen molar-refractivity contribution in [2.75, 3.05) is 17.1 Å². The van der Waals surface area contributed by atoms with Gasteiger partial charge in [0.25, 0.3) is 0 Å². The Morgan fingerprint density at radius 3 is 2.16 bits per heavy atom. The summed E-state index contributed by atoms with van der Waals surface area (Å²) >= 11 is 12.8. The summed E-state index contributed by atoms with van der Waals surface area (Å²) in [6.45, 7) is 3.14. The minimum atomic E-state index is -3.79. The molecule has 2 amide bonds. The van der Waals surface area contributed by atoms with Crippen molar-refractivity contribution < 1.29 is 18.0 Å². The van der Waals surface area contributed by atoms with Crippen molar-refractivity contribution in [3.05, 3.63) is 63.6 Å². The Hall–Kier alpha value is -2.29. The van der Waals surface area contributed by atoms with Crippen molar-refractivity contribution in [3.8, 4) is 0 Å². The molecule has 2 aromatic rings. The standard InChI is InChI=1S/C27H35Cl2N3O4S/c1-4-20-13-15-22(16-14-20)32(37(3,35)36)18-26(33)31(17-23-24(28)11-8-12-25(23)29)19(2)27(34)30-21-9-6-5-7-10-21/h8,11-16,19,21H,4-7,9-10,17-18H2,1-3H3,(H,30,34)/t19-/m0/s1. The highest BCUT2D eigenvalue weighted by Gasteiger charge is 2.32. The van der Waals surface area contributed by atoms with Crippen LogP contribution in [0.4, 0.5) is 5.69 Å². The van der Waals surface area contributed by atoms with Crippen molar-refractivity contribution >= 4 is 50.7 Å². The number of carbonyl (C=O) groups excluding carboxylic acids is 2. The third-order valence-corrected chi connectivity index (χ3v) is 8.67. The molecule has 7 nitrogen and oxygen atoms in total. The van der Waals surface area contributed by atoms with E-state index < -0.39 is 28.5 Å². The fourth-order valence-corrected chi connectivity index (χ4v) is 5.88. The number of hydrogen-bond donors (Lipinski definition) is 1. The molecular formula is C27H35Cl2N3O4S. The summed E-state index contributed by atoms with van der Waals surface area (Å²) in [4.78, 5) is 28.3. The SMILES string of the molecule is CCc1ccc(N(CC(=O)N(Cc2c(Cl)cccc2Cl)[C@@H](C)C(=O)NC2CCCCC2)S(C)(=O)=O)cc1. The van der Waals surface area contributed by atoms with Gasteiger partial charge in [-0.25, -0.2) is 8.42 Å². The largest absolute Gasteiger partial charge is 0.352 e. The predicted molar refractivity (Wildman–Crippen MR) is 149 cm³/mol. The zero-order chi connectivity index (χ0) is 27.2. The first kappa shape index (κ1) is 29.3. The molecule has 0 radical (unpaired) electrons. The highest BCUT2D eigenvalue weighted by Crippen LogP contribution is 2.27. The number of sulfonamides is 1. The molecule has 202 valence electrons. The van der Waals surface area contributed by atoms with Gasteiger partial charge in [-0.15, -0.1) is 0 Å². The van der Waals surface area contributed by atoms with E-state index >= 15 is 0 Å². The fourth-order valence-electron chi connectivity index (χ4n) is 4.52. The molecule has 1 atom stereocenters. The van der Waals surface area contributed by atoms with Gasteiger partial charge in [-0.05, 0) is 56.0 Å². The van der Waals surface area contributed by atoms with E-state index in [4.69, 9.17) is 23.2 Å². The molecule has 1 fully saturated rings. The van der Waals surface area contributed by atoms with E-state index in [1.165, 1.54) is 4.90 Å². The molecule has 1 aliphatic rings. The van der Waals surface area contributed by atoms with Gasteiger partial charge >= 0.3 is 0 Å². The van der Waals surface area contributed by atoms with E-state index in [1.807, 2.05) is 19.1 Å². The van der Waals surface area contributed by atoms with Gasteiger partial charge in [0.15, 0.2) is 0 Å². The molecule has 0 spiro atoms. The van der Waals surface area contributed by atoms with E-state index in [0.717, 1.165) is 54.6 Å². The highest BCUT2D eigenvalue weighted by molar-refractivity contribution is 7.92. The Balaban J connectivity index is 1.91. The number of carbonyl (C=O) groups is 2. The monoisotopic (exact) mass is 567 g/mol. The van der Waals surface area contributed by atoms with Crippen LogP contribution in [0.5, 0.6) is 0 Å². The lowest BCUT2D eigenvalue weighted by Gasteiger charge is -2.33. The number of anilines is 1. The van der Waals surface area contributed by atoms with Crippen molar-refractivity contribution in [1.29, 1.82) is 0 Å². The average Bonchev–Trinajstić information content (AvgIpc) is 2.86. The summed E-state index contributed by atoms with van der Waals surface area (Å²) in [5.41, 5.74) is 1.92. The second-order valence-electron chi connectivity index (χ2n) is 9.53. The van der Waals surface area contributed by atoms with Crippen molar-refractivity contribution in [1.82, 2.24) is 10.2 Å². The predicted octanol–water partition coefficient (Wildman–Crippen LogP) is 5.19. The number of rotatable bonds is 10. The molecule has 0 aromatic heterocycles. The number of halogens is 2. The van der Waals surface area contributed by atoms with Gasteiger partial charge in [-0.2, -0.15) is 0 Å². The number of benzene rings is 2. The summed E-state index contributed by atoms with van der Waals surface area (Å²) in [5.74, 6) is -0.825. The van der Waals surface area contributed by atoms with Crippen LogP contribution in [-0.4, -0.2) is 50.0 Å². The van der Waals surface area contributed by atoms with Crippen LogP contribution in [0.15, 0.2) is 42.5 Å². The Bertz CT molecular complexity index is 1180. The lowest BCUT2D eigenvalue weighted by molar-refractivity contribution is -0.139. The molecule has 0 saturated heterocycles. The average molecular weight is 569 g/mol. The summed E-state index contributed by atoms with van der Waals surface area (Å²) in [5, 5.41) is 3.79. The molecule has 0 heterocycles. The van der Waals surface area contributed by atoms with Crippen molar-refractivity contribution in [2.24, 2.45) is 0 Å². The Labute approximate surface area is 230 Å². The fraction of sp³-hybridized carbons (Fsp3) is 0.481. The van der Waals surface area contributed by atoms with Crippen LogP contribution in [-0.2, 0) is 32.6 Å². The van der Waals surface area contributed by atoms with Gasteiger partial charge in [0.2, 0.25) is 21.8 Å². The number of hydrogen-bond acceptors (Lipinski definition) is 4. The maximum atomic E-state index is 13.7. The van der Waals surface area contributed by atoms with Crippen LogP contribution in [0.3, 0.4) is 0 Å². The lowest BCUT2D eigenvalue weighted by Crippen LogP contribution is -2.53. The van der Waals surface area contributed by atoms with Crippen molar-refractivity contribution in [3.63, 3.8) is 0 Å². The topological polar surface area (TPSA) is 86.8 Å². The Morgan fingerprint density at radius 1 is 1.03 bits per heavy atom. The Morgan fingerprint density at radius 2 is 1.62 bits per heavy atom. The van der Waals surface area contributed by atoms with Gasteiger partial charge in [-0.3, -0.25) is 13.9 Å². The zero-order valence-corrected chi connectivity index (χ0v) is 23.9. The first-order chi connectivity index (χ1) is 17.5. The molecule has 3 rings (SSSR count). The van der Waals surface area contributed by atoms with Crippen molar-refractivity contribution in [2.45, 2.75) is 71.0 Å². The molecule has 0 aliphatic heterocycles. The smallest absolute Gasteiger partial charge is 0.244 e. The first-order valence-electron chi connectivity index (χ1n) is 12.6. The van der Waals surface area contributed by atoms with E-state index in [2.05, 4.69) is 5.32 Å².